The van der Waals surface area contributed by atoms with Crippen LogP contribution < -0.4 is 11.1 Å². The molecule has 102 valence electrons. The Morgan fingerprint density at radius 1 is 1.72 bits per heavy atom. The number of rotatable bonds is 4. The van der Waals surface area contributed by atoms with Gasteiger partial charge in [-0.3, -0.25) is 9.59 Å². The minimum absolute atomic E-state index is 0.0688. The molecule has 18 heavy (non-hydrogen) atoms. The van der Waals surface area contributed by atoms with Crippen molar-refractivity contribution in [2.24, 2.45) is 16.8 Å². The van der Waals surface area contributed by atoms with Gasteiger partial charge in [-0.25, -0.2) is 0 Å². The summed E-state index contributed by atoms with van der Waals surface area (Å²) in [5.41, 5.74) is 5.46. The molecule has 0 aromatic heterocycles. The normalized spacial score (nSPS) is 22.8. The molecule has 0 bridgehead atoms. The highest BCUT2D eigenvalue weighted by Crippen LogP contribution is 2.11. The number of piperidine rings is 1. The Bertz CT molecular complexity index is 356. The Kier molecular flexibility index (Phi) is 4.94. The first-order chi connectivity index (χ1) is 8.49. The molecule has 0 aliphatic carbocycles. The fourth-order valence-electron chi connectivity index (χ4n) is 2.03. The summed E-state index contributed by atoms with van der Waals surface area (Å²) in [4.78, 5) is 24.9. The fourth-order valence-corrected chi connectivity index (χ4v) is 2.03. The van der Waals surface area contributed by atoms with Crippen LogP contribution in [0.4, 0.5) is 0 Å². The number of amidine groups is 1. The van der Waals surface area contributed by atoms with E-state index in [4.69, 9.17) is 10.9 Å². The highest BCUT2D eigenvalue weighted by atomic mass is 16.4. The van der Waals surface area contributed by atoms with Crippen molar-refractivity contribution in [2.75, 3.05) is 13.6 Å². The molecule has 0 spiro atoms. The third kappa shape index (κ3) is 3.35. The van der Waals surface area contributed by atoms with E-state index in [1.54, 1.807) is 18.9 Å². The summed E-state index contributed by atoms with van der Waals surface area (Å²) in [7, 11) is 1.71. The summed E-state index contributed by atoms with van der Waals surface area (Å²) in [5.74, 6) is -0.891. The van der Waals surface area contributed by atoms with Gasteiger partial charge in [0.25, 0.3) is 0 Å². The van der Waals surface area contributed by atoms with Crippen molar-refractivity contribution in [1.29, 1.82) is 0 Å². The lowest BCUT2D eigenvalue weighted by Gasteiger charge is -2.31. The standard InChI is InChI=1S/C11H20N4O3/c1-3-8(10(12)14-18)11(17)13-7-4-5-9(16)15(2)6-7/h7-8,18H,3-6H2,1-2H3,(H2,12,14)(H,13,17). The molecule has 7 nitrogen and oxygen atoms in total. The number of hydrogen-bond acceptors (Lipinski definition) is 4. The zero-order chi connectivity index (χ0) is 13.7. The molecule has 0 aromatic carbocycles. The number of carbonyl (C=O) groups excluding carboxylic acids is 2. The molecule has 0 saturated carbocycles. The molecule has 1 saturated heterocycles. The molecule has 2 amide bonds. The zero-order valence-electron chi connectivity index (χ0n) is 10.7. The quantitative estimate of drug-likeness (QED) is 0.272. The highest BCUT2D eigenvalue weighted by Gasteiger charge is 2.27. The maximum atomic E-state index is 11.9. The van der Waals surface area contributed by atoms with Crippen LogP contribution in [0.2, 0.25) is 0 Å². The molecular weight excluding hydrogens is 236 g/mol. The van der Waals surface area contributed by atoms with Gasteiger partial charge in [0.05, 0.1) is 5.92 Å². The summed E-state index contributed by atoms with van der Waals surface area (Å²) in [5, 5.41) is 14.3. The number of hydrogen-bond donors (Lipinski definition) is 3. The Morgan fingerprint density at radius 2 is 2.39 bits per heavy atom. The van der Waals surface area contributed by atoms with Crippen molar-refractivity contribution >= 4 is 17.6 Å². The summed E-state index contributed by atoms with van der Waals surface area (Å²) in [6, 6.07) is -0.0688. The average molecular weight is 256 g/mol. The summed E-state index contributed by atoms with van der Waals surface area (Å²) in [6.07, 6.45) is 1.52. The van der Waals surface area contributed by atoms with Crippen molar-refractivity contribution in [3.63, 3.8) is 0 Å². The second kappa shape index (κ2) is 6.23. The molecule has 2 atom stereocenters. The van der Waals surface area contributed by atoms with Gasteiger partial charge in [-0.2, -0.15) is 0 Å². The molecule has 1 heterocycles. The van der Waals surface area contributed by atoms with Crippen molar-refractivity contribution < 1.29 is 14.8 Å². The van der Waals surface area contributed by atoms with Crippen molar-refractivity contribution in [3.8, 4) is 0 Å². The van der Waals surface area contributed by atoms with Crippen molar-refractivity contribution in [2.45, 2.75) is 32.2 Å². The SMILES string of the molecule is CCC(C(=O)NC1CCC(=O)N(C)C1)C(N)=NO. The number of nitrogens with two attached hydrogens (primary N) is 1. The van der Waals surface area contributed by atoms with Gasteiger partial charge in [0.15, 0.2) is 5.84 Å². The molecule has 1 aliphatic rings. The van der Waals surface area contributed by atoms with E-state index in [0.717, 1.165) is 0 Å². The lowest BCUT2D eigenvalue weighted by molar-refractivity contribution is -0.134. The number of nitrogens with one attached hydrogen (secondary N) is 1. The number of nitrogens with zero attached hydrogens (tertiary/aromatic N) is 2. The van der Waals surface area contributed by atoms with Crippen LogP contribution in [0.1, 0.15) is 26.2 Å². The van der Waals surface area contributed by atoms with Gasteiger partial charge in [0.1, 0.15) is 0 Å². The van der Waals surface area contributed by atoms with Crippen molar-refractivity contribution in [1.82, 2.24) is 10.2 Å². The minimum atomic E-state index is -0.627. The van der Waals surface area contributed by atoms with Crippen LogP contribution in [0.3, 0.4) is 0 Å². The van der Waals surface area contributed by atoms with Crippen molar-refractivity contribution in [3.05, 3.63) is 0 Å². The average Bonchev–Trinajstić information content (AvgIpc) is 2.34. The van der Waals surface area contributed by atoms with Gasteiger partial charge in [0.2, 0.25) is 11.8 Å². The van der Waals surface area contributed by atoms with Crippen LogP contribution in [0.15, 0.2) is 5.16 Å². The van der Waals surface area contributed by atoms with Gasteiger partial charge in [-0.1, -0.05) is 12.1 Å². The van der Waals surface area contributed by atoms with E-state index in [1.165, 1.54) is 0 Å². The summed E-state index contributed by atoms with van der Waals surface area (Å²) < 4.78 is 0. The zero-order valence-corrected chi connectivity index (χ0v) is 10.7. The summed E-state index contributed by atoms with van der Waals surface area (Å²) >= 11 is 0. The second-order valence-corrected chi connectivity index (χ2v) is 4.50. The van der Waals surface area contributed by atoms with Crippen LogP contribution in [0.25, 0.3) is 0 Å². The lowest BCUT2D eigenvalue weighted by Crippen LogP contribution is -2.51. The molecular formula is C11H20N4O3. The number of amides is 2. The molecule has 2 unspecified atom stereocenters. The monoisotopic (exact) mass is 256 g/mol. The minimum Gasteiger partial charge on any atom is -0.409 e. The molecule has 4 N–H and O–H groups in total. The molecule has 1 rings (SSSR count). The second-order valence-electron chi connectivity index (χ2n) is 4.50. The van der Waals surface area contributed by atoms with Gasteiger partial charge < -0.3 is 21.2 Å². The number of likely N-dealkylation sites (tertiary alicyclic amines) is 1. The van der Waals surface area contributed by atoms with E-state index in [2.05, 4.69) is 10.5 Å². The first-order valence-corrected chi connectivity index (χ1v) is 6.01. The number of carbonyl (C=O) groups is 2. The first kappa shape index (κ1) is 14.3. The Morgan fingerprint density at radius 3 is 2.89 bits per heavy atom. The topological polar surface area (TPSA) is 108 Å². The van der Waals surface area contributed by atoms with Crippen LogP contribution in [-0.2, 0) is 9.59 Å². The van der Waals surface area contributed by atoms with E-state index in [-0.39, 0.29) is 23.7 Å². The molecule has 7 heteroatoms. The van der Waals surface area contributed by atoms with Gasteiger partial charge in [0, 0.05) is 26.1 Å². The van der Waals surface area contributed by atoms with E-state index >= 15 is 0 Å². The predicted octanol–water partition coefficient (Wildman–Crippen LogP) is -0.504. The largest absolute Gasteiger partial charge is 0.409 e. The van der Waals surface area contributed by atoms with Gasteiger partial charge in [-0.05, 0) is 12.8 Å². The van der Waals surface area contributed by atoms with Gasteiger partial charge in [-0.15, -0.1) is 0 Å². The van der Waals surface area contributed by atoms with Gasteiger partial charge >= 0.3 is 0 Å². The third-order valence-electron chi connectivity index (χ3n) is 3.17. The van der Waals surface area contributed by atoms with Crippen LogP contribution in [0, 0.1) is 5.92 Å². The van der Waals surface area contributed by atoms with E-state index in [0.29, 0.717) is 25.8 Å². The van der Waals surface area contributed by atoms with E-state index in [1.807, 2.05) is 0 Å². The number of likely N-dealkylation sites (N-methyl/N-ethyl adjacent to an activating group) is 1. The third-order valence-corrected chi connectivity index (χ3v) is 3.17. The summed E-state index contributed by atoms with van der Waals surface area (Å²) in [6.45, 7) is 2.29. The molecule has 1 fully saturated rings. The molecule has 0 radical (unpaired) electrons. The predicted molar refractivity (Wildman–Crippen MR) is 66.0 cm³/mol. The van der Waals surface area contributed by atoms with Crippen LogP contribution in [0.5, 0.6) is 0 Å². The first-order valence-electron chi connectivity index (χ1n) is 6.01. The molecule has 0 aromatic rings. The Labute approximate surface area is 106 Å². The van der Waals surface area contributed by atoms with E-state index in [9.17, 15) is 9.59 Å². The number of oxime groups is 1. The highest BCUT2D eigenvalue weighted by molar-refractivity contribution is 6.02. The fraction of sp³-hybridized carbons (Fsp3) is 0.727. The Balaban J connectivity index is 2.56. The Hall–Kier alpha value is -1.79. The van der Waals surface area contributed by atoms with Crippen LogP contribution in [-0.4, -0.2) is 47.4 Å². The lowest BCUT2D eigenvalue weighted by atomic mass is 10.0. The maximum absolute atomic E-state index is 11.9. The molecule has 1 aliphatic heterocycles. The smallest absolute Gasteiger partial charge is 0.231 e. The maximum Gasteiger partial charge on any atom is 0.231 e. The van der Waals surface area contributed by atoms with Crippen LogP contribution >= 0.6 is 0 Å². The van der Waals surface area contributed by atoms with E-state index < -0.39 is 5.92 Å².